The zero-order valence-corrected chi connectivity index (χ0v) is 18.5. The van der Waals surface area contributed by atoms with Gasteiger partial charge in [-0.05, 0) is 90.8 Å². The van der Waals surface area contributed by atoms with Gasteiger partial charge in [0.15, 0.2) is 0 Å². The molecule has 0 aliphatic heterocycles. The summed E-state index contributed by atoms with van der Waals surface area (Å²) in [6.07, 6.45) is 10.5. The van der Waals surface area contributed by atoms with Crippen molar-refractivity contribution in [2.45, 2.75) is 66.2 Å². The molecule has 0 aromatic heterocycles. The van der Waals surface area contributed by atoms with Gasteiger partial charge >= 0.3 is 5.97 Å². The van der Waals surface area contributed by atoms with Crippen LogP contribution < -0.4 is 0 Å². The smallest absolute Gasteiger partial charge is 0.367 e. The molecule has 2 saturated carbocycles. The monoisotopic (exact) mass is 402 g/mol. The predicted molar refractivity (Wildman–Crippen MR) is 111 cm³/mol. The molecule has 29 heavy (non-hydrogen) atoms. The number of carbonyl (C=O) groups excluding carboxylic acids is 1. The topological polar surface area (TPSA) is 35.5 Å². The van der Waals surface area contributed by atoms with E-state index in [0.29, 0.717) is 30.1 Å². The van der Waals surface area contributed by atoms with Gasteiger partial charge < -0.3 is 9.47 Å². The SMILES string of the molecule is CCOC(=O)C(F)=C1CC[C@H]2[C@@H]3[C@H](C)C=C4C=C(OC)CC[C@]4(C)[C@H]3CC[C@]12C. The Kier molecular flexibility index (Phi) is 5.19. The summed E-state index contributed by atoms with van der Waals surface area (Å²) in [6.45, 7) is 8.90. The summed E-state index contributed by atoms with van der Waals surface area (Å²) in [5, 5.41) is 0. The van der Waals surface area contributed by atoms with Crippen LogP contribution in [0.4, 0.5) is 4.39 Å². The molecule has 2 fully saturated rings. The number of halogens is 1. The van der Waals surface area contributed by atoms with Gasteiger partial charge in [0.2, 0.25) is 5.83 Å². The van der Waals surface area contributed by atoms with Crippen LogP contribution in [-0.2, 0) is 14.3 Å². The van der Waals surface area contributed by atoms with Crippen molar-refractivity contribution in [1.82, 2.24) is 0 Å². The summed E-state index contributed by atoms with van der Waals surface area (Å²) >= 11 is 0. The van der Waals surface area contributed by atoms with Crippen LogP contribution in [0.25, 0.3) is 0 Å². The Hall–Kier alpha value is -1.58. The van der Waals surface area contributed by atoms with E-state index in [-0.39, 0.29) is 17.4 Å². The number of fused-ring (bicyclic) bond motifs is 5. The van der Waals surface area contributed by atoms with E-state index >= 15 is 4.39 Å². The lowest BCUT2D eigenvalue weighted by molar-refractivity contribution is -0.140. The van der Waals surface area contributed by atoms with Crippen LogP contribution in [0.1, 0.15) is 66.2 Å². The molecule has 3 nitrogen and oxygen atoms in total. The highest BCUT2D eigenvalue weighted by Crippen LogP contribution is 2.67. The number of hydrogen-bond donors (Lipinski definition) is 0. The van der Waals surface area contributed by atoms with E-state index in [2.05, 4.69) is 32.9 Å². The van der Waals surface area contributed by atoms with Crippen molar-refractivity contribution in [3.8, 4) is 0 Å². The van der Waals surface area contributed by atoms with Crippen molar-refractivity contribution in [2.75, 3.05) is 13.7 Å². The molecular weight excluding hydrogens is 367 g/mol. The molecule has 0 amide bonds. The molecule has 4 aliphatic rings. The number of allylic oxidation sites excluding steroid dienone is 5. The van der Waals surface area contributed by atoms with Crippen LogP contribution in [0.3, 0.4) is 0 Å². The van der Waals surface area contributed by atoms with Crippen molar-refractivity contribution in [1.29, 1.82) is 0 Å². The highest BCUT2D eigenvalue weighted by atomic mass is 19.1. The normalized spacial score (nSPS) is 42.7. The average Bonchev–Trinajstić information content (AvgIpc) is 3.05. The lowest BCUT2D eigenvalue weighted by Crippen LogP contribution is -2.50. The minimum Gasteiger partial charge on any atom is -0.501 e. The fraction of sp³-hybridized carbons (Fsp3) is 0.720. The second-order valence-corrected chi connectivity index (χ2v) is 10.0. The van der Waals surface area contributed by atoms with Gasteiger partial charge in [0.1, 0.15) is 0 Å². The van der Waals surface area contributed by atoms with Gasteiger partial charge in [-0.3, -0.25) is 0 Å². The summed E-state index contributed by atoms with van der Waals surface area (Å²) < 4.78 is 25.6. The first kappa shape index (κ1) is 20.7. The van der Waals surface area contributed by atoms with E-state index in [4.69, 9.17) is 9.47 Å². The summed E-state index contributed by atoms with van der Waals surface area (Å²) in [6, 6.07) is 0. The molecular formula is C25H35FO3. The fourth-order valence-corrected chi connectivity index (χ4v) is 7.29. The molecule has 0 heterocycles. The van der Waals surface area contributed by atoms with Gasteiger partial charge in [-0.25, -0.2) is 4.79 Å². The van der Waals surface area contributed by atoms with Crippen molar-refractivity contribution in [2.24, 2.45) is 34.5 Å². The lowest BCUT2D eigenvalue weighted by atomic mass is 9.46. The lowest BCUT2D eigenvalue weighted by Gasteiger charge is -2.58. The van der Waals surface area contributed by atoms with Crippen molar-refractivity contribution < 1.29 is 18.7 Å². The third-order valence-corrected chi connectivity index (χ3v) is 8.83. The van der Waals surface area contributed by atoms with Gasteiger partial charge in [-0.1, -0.05) is 26.8 Å². The molecule has 160 valence electrons. The highest BCUT2D eigenvalue weighted by Gasteiger charge is 2.59. The number of hydrogen-bond acceptors (Lipinski definition) is 3. The summed E-state index contributed by atoms with van der Waals surface area (Å²) in [4.78, 5) is 12.1. The standard InChI is InChI=1S/C25H35FO3/c1-6-29-23(27)22(26)20-8-7-18-21-15(2)13-16-14-17(28-5)9-11-24(16,3)19(21)10-12-25(18,20)4/h13-15,18-19,21H,6-12H2,1-5H3/t15-,18+,19+,21+,24+,25+/m1/s1. The summed E-state index contributed by atoms with van der Waals surface area (Å²) in [5.74, 6) is 1.71. The molecule has 0 spiro atoms. The maximum Gasteiger partial charge on any atom is 0.367 e. The summed E-state index contributed by atoms with van der Waals surface area (Å²) in [7, 11) is 1.76. The van der Waals surface area contributed by atoms with Gasteiger partial charge in [-0.15, -0.1) is 0 Å². The largest absolute Gasteiger partial charge is 0.501 e. The first-order chi connectivity index (χ1) is 13.8. The molecule has 0 unspecified atom stereocenters. The fourth-order valence-electron chi connectivity index (χ4n) is 7.29. The van der Waals surface area contributed by atoms with E-state index in [9.17, 15) is 4.79 Å². The third kappa shape index (κ3) is 3.00. The minimum atomic E-state index is -0.776. The molecule has 0 aromatic rings. The van der Waals surface area contributed by atoms with Gasteiger partial charge in [0.05, 0.1) is 19.5 Å². The Morgan fingerprint density at radius 3 is 2.59 bits per heavy atom. The number of methoxy groups -OCH3 is 1. The molecule has 0 bridgehead atoms. The third-order valence-electron chi connectivity index (χ3n) is 8.83. The maximum atomic E-state index is 15.0. The Balaban J connectivity index is 1.70. The van der Waals surface area contributed by atoms with E-state index in [0.717, 1.165) is 43.4 Å². The zero-order chi connectivity index (χ0) is 21.0. The van der Waals surface area contributed by atoms with Crippen molar-refractivity contribution in [3.63, 3.8) is 0 Å². The van der Waals surface area contributed by atoms with Crippen LogP contribution in [0.2, 0.25) is 0 Å². The molecule has 6 atom stereocenters. The first-order valence-electron chi connectivity index (χ1n) is 11.3. The maximum absolute atomic E-state index is 15.0. The van der Waals surface area contributed by atoms with E-state index in [1.165, 1.54) is 5.57 Å². The molecule has 0 saturated heterocycles. The molecule has 0 radical (unpaired) electrons. The molecule has 4 rings (SSSR count). The van der Waals surface area contributed by atoms with Gasteiger partial charge in [0.25, 0.3) is 0 Å². The number of rotatable bonds is 3. The second-order valence-electron chi connectivity index (χ2n) is 10.0. The summed E-state index contributed by atoms with van der Waals surface area (Å²) in [5.41, 5.74) is 2.10. The Bertz CT molecular complexity index is 794. The Morgan fingerprint density at radius 1 is 1.17 bits per heavy atom. The molecule has 0 aromatic carbocycles. The van der Waals surface area contributed by atoms with Crippen LogP contribution in [0.5, 0.6) is 0 Å². The van der Waals surface area contributed by atoms with Crippen LogP contribution in [0.15, 0.2) is 34.9 Å². The number of esters is 1. The van der Waals surface area contributed by atoms with Crippen LogP contribution >= 0.6 is 0 Å². The first-order valence-corrected chi connectivity index (χ1v) is 11.3. The van der Waals surface area contributed by atoms with E-state index in [1.807, 2.05) is 0 Å². The molecule has 4 heteroatoms. The van der Waals surface area contributed by atoms with Crippen molar-refractivity contribution >= 4 is 5.97 Å². The van der Waals surface area contributed by atoms with Gasteiger partial charge in [-0.2, -0.15) is 4.39 Å². The van der Waals surface area contributed by atoms with E-state index < -0.39 is 11.8 Å². The van der Waals surface area contributed by atoms with Crippen LogP contribution in [-0.4, -0.2) is 19.7 Å². The Morgan fingerprint density at radius 2 is 1.90 bits per heavy atom. The Labute approximate surface area is 174 Å². The highest BCUT2D eigenvalue weighted by molar-refractivity contribution is 5.87. The van der Waals surface area contributed by atoms with Gasteiger partial charge in [0, 0.05) is 6.42 Å². The second kappa shape index (κ2) is 7.28. The van der Waals surface area contributed by atoms with E-state index in [1.54, 1.807) is 14.0 Å². The predicted octanol–water partition coefficient (Wildman–Crippen LogP) is 6.12. The quantitative estimate of drug-likeness (QED) is 0.421. The average molecular weight is 403 g/mol. The van der Waals surface area contributed by atoms with Crippen LogP contribution in [0, 0.1) is 34.5 Å². The van der Waals surface area contributed by atoms with Crippen molar-refractivity contribution in [3.05, 3.63) is 34.9 Å². The number of carbonyl (C=O) groups is 1. The minimum absolute atomic E-state index is 0.173. The molecule has 4 aliphatic carbocycles. The number of ether oxygens (including phenoxy) is 2. The zero-order valence-electron chi connectivity index (χ0n) is 18.5. The molecule has 0 N–H and O–H groups in total.